The summed E-state index contributed by atoms with van der Waals surface area (Å²) in [5.41, 5.74) is 4.26. The number of hydrogen-bond donors (Lipinski definition) is 0. The van der Waals surface area contributed by atoms with Gasteiger partial charge in [0, 0.05) is 17.4 Å². The van der Waals surface area contributed by atoms with Crippen molar-refractivity contribution in [3.05, 3.63) is 62.2 Å². The zero-order valence-electron chi connectivity index (χ0n) is 12.1. The fourth-order valence-electron chi connectivity index (χ4n) is 2.37. The van der Waals surface area contributed by atoms with Gasteiger partial charge in [0.05, 0.1) is 12.5 Å². The second-order valence-electron chi connectivity index (χ2n) is 5.06. The molecule has 0 saturated carbocycles. The maximum Gasteiger partial charge on any atom is 0.175 e. The Kier molecular flexibility index (Phi) is 4.78. The van der Waals surface area contributed by atoms with Crippen LogP contribution < -0.4 is 0 Å². The monoisotopic (exact) mass is 470 g/mol. The molecule has 3 aromatic rings. The van der Waals surface area contributed by atoms with Crippen LogP contribution in [0.2, 0.25) is 0 Å². The van der Waals surface area contributed by atoms with Crippen LogP contribution in [0.5, 0.6) is 0 Å². The standard InChI is InChI=1S/C17H12Br2O2S2/c1-23(20,21)13-9-7-12(8-10-13)15-14(16(18)22-17(15)19)11-5-3-2-4-6-11/h2-10H,1H3. The molecule has 0 N–H and O–H groups in total. The molecule has 0 aliphatic heterocycles. The minimum atomic E-state index is -3.19. The lowest BCUT2D eigenvalue weighted by molar-refractivity contribution is 0.602. The van der Waals surface area contributed by atoms with Gasteiger partial charge in [-0.15, -0.1) is 11.3 Å². The second-order valence-corrected chi connectivity index (χ2v) is 10.7. The molecule has 1 heterocycles. The SMILES string of the molecule is CS(=O)(=O)c1ccc(-c2c(Br)sc(Br)c2-c2ccccc2)cc1. The highest BCUT2D eigenvalue weighted by Gasteiger charge is 2.18. The highest BCUT2D eigenvalue weighted by molar-refractivity contribution is 9.12. The molecule has 0 aliphatic rings. The van der Waals surface area contributed by atoms with Crippen LogP contribution in [0.15, 0.2) is 67.1 Å². The van der Waals surface area contributed by atoms with Crippen LogP contribution >= 0.6 is 43.2 Å². The molecule has 0 fully saturated rings. The molecule has 118 valence electrons. The van der Waals surface area contributed by atoms with E-state index < -0.39 is 9.84 Å². The van der Waals surface area contributed by atoms with Gasteiger partial charge in [-0.25, -0.2) is 8.42 Å². The van der Waals surface area contributed by atoms with Gasteiger partial charge in [-0.3, -0.25) is 0 Å². The van der Waals surface area contributed by atoms with Gasteiger partial charge in [-0.2, -0.15) is 0 Å². The van der Waals surface area contributed by atoms with Gasteiger partial charge in [-0.05, 0) is 55.1 Å². The van der Waals surface area contributed by atoms with Gasteiger partial charge >= 0.3 is 0 Å². The lowest BCUT2D eigenvalue weighted by atomic mass is 9.99. The Morgan fingerprint density at radius 3 is 1.74 bits per heavy atom. The fraction of sp³-hybridized carbons (Fsp3) is 0.0588. The summed E-state index contributed by atoms with van der Waals surface area (Å²) in [5.74, 6) is 0. The van der Waals surface area contributed by atoms with Crippen molar-refractivity contribution in [2.45, 2.75) is 4.90 Å². The normalized spacial score (nSPS) is 11.6. The van der Waals surface area contributed by atoms with Crippen molar-refractivity contribution in [3.63, 3.8) is 0 Å². The molecular formula is C17H12Br2O2S2. The van der Waals surface area contributed by atoms with Crippen molar-refractivity contribution >= 4 is 53.0 Å². The van der Waals surface area contributed by atoms with Crippen molar-refractivity contribution in [1.29, 1.82) is 0 Å². The molecule has 0 radical (unpaired) electrons. The van der Waals surface area contributed by atoms with E-state index in [1.807, 2.05) is 30.3 Å². The molecule has 2 aromatic carbocycles. The molecule has 3 rings (SSSR count). The molecule has 2 nitrogen and oxygen atoms in total. The number of rotatable bonds is 3. The molecule has 1 aromatic heterocycles. The summed E-state index contributed by atoms with van der Waals surface area (Å²) in [6, 6.07) is 17.1. The van der Waals surface area contributed by atoms with Crippen LogP contribution in [0.4, 0.5) is 0 Å². The zero-order valence-corrected chi connectivity index (χ0v) is 16.9. The van der Waals surface area contributed by atoms with E-state index in [1.165, 1.54) is 6.26 Å². The van der Waals surface area contributed by atoms with Gasteiger partial charge in [-0.1, -0.05) is 42.5 Å². The van der Waals surface area contributed by atoms with Crippen LogP contribution in [0, 0.1) is 0 Å². The maximum atomic E-state index is 11.6. The van der Waals surface area contributed by atoms with Crippen molar-refractivity contribution in [2.75, 3.05) is 6.26 Å². The van der Waals surface area contributed by atoms with Crippen molar-refractivity contribution in [1.82, 2.24) is 0 Å². The van der Waals surface area contributed by atoms with Crippen molar-refractivity contribution < 1.29 is 8.42 Å². The minimum absolute atomic E-state index is 0.327. The summed E-state index contributed by atoms with van der Waals surface area (Å²) in [6.07, 6.45) is 1.22. The van der Waals surface area contributed by atoms with E-state index in [1.54, 1.807) is 23.5 Å². The van der Waals surface area contributed by atoms with Gasteiger partial charge in [0.2, 0.25) is 0 Å². The van der Waals surface area contributed by atoms with Crippen molar-refractivity contribution in [3.8, 4) is 22.3 Å². The first kappa shape index (κ1) is 16.9. The maximum absolute atomic E-state index is 11.6. The van der Waals surface area contributed by atoms with Crippen LogP contribution in [0.1, 0.15) is 0 Å². The number of hydrogen-bond acceptors (Lipinski definition) is 3. The molecule has 0 saturated heterocycles. The fourth-order valence-corrected chi connectivity index (χ4v) is 6.28. The molecule has 23 heavy (non-hydrogen) atoms. The summed E-state index contributed by atoms with van der Waals surface area (Å²) in [4.78, 5) is 0.327. The first-order chi connectivity index (χ1) is 10.9. The quantitative estimate of drug-likeness (QED) is 0.468. The second kappa shape index (κ2) is 6.51. The Balaban J connectivity index is 2.18. The van der Waals surface area contributed by atoms with Gasteiger partial charge in [0.15, 0.2) is 9.84 Å². The zero-order chi connectivity index (χ0) is 16.6. The Morgan fingerprint density at radius 2 is 1.26 bits per heavy atom. The summed E-state index contributed by atoms with van der Waals surface area (Å²) in [5, 5.41) is 0. The predicted octanol–water partition coefficient (Wildman–Crippen LogP) is 6.01. The molecule has 0 unspecified atom stereocenters. The van der Waals surface area contributed by atoms with Gasteiger partial charge in [0.25, 0.3) is 0 Å². The van der Waals surface area contributed by atoms with Crippen LogP contribution in [0.25, 0.3) is 22.3 Å². The summed E-state index contributed by atoms with van der Waals surface area (Å²) < 4.78 is 25.3. The highest BCUT2D eigenvalue weighted by Crippen LogP contribution is 2.48. The number of halogens is 2. The predicted molar refractivity (Wildman–Crippen MR) is 104 cm³/mol. The molecule has 0 amide bonds. The molecule has 6 heteroatoms. The van der Waals surface area contributed by atoms with Gasteiger partial charge in [0.1, 0.15) is 0 Å². The smallest absolute Gasteiger partial charge is 0.175 e. The first-order valence-electron chi connectivity index (χ1n) is 6.71. The average molecular weight is 472 g/mol. The van der Waals surface area contributed by atoms with E-state index in [9.17, 15) is 8.42 Å². The molecule has 0 aliphatic carbocycles. The third-order valence-electron chi connectivity index (χ3n) is 3.46. The number of sulfone groups is 1. The molecular weight excluding hydrogens is 460 g/mol. The summed E-state index contributed by atoms with van der Waals surface area (Å²) in [7, 11) is -3.19. The van der Waals surface area contributed by atoms with E-state index in [-0.39, 0.29) is 0 Å². The number of benzene rings is 2. The van der Waals surface area contributed by atoms with E-state index >= 15 is 0 Å². The van der Waals surface area contributed by atoms with Crippen molar-refractivity contribution in [2.24, 2.45) is 0 Å². The molecule has 0 spiro atoms. The topological polar surface area (TPSA) is 34.1 Å². The van der Waals surface area contributed by atoms with E-state index in [0.29, 0.717) is 4.90 Å². The first-order valence-corrected chi connectivity index (χ1v) is 11.0. The minimum Gasteiger partial charge on any atom is -0.224 e. The Hall–Kier alpha value is -0.950. The van der Waals surface area contributed by atoms with Crippen LogP contribution in [-0.4, -0.2) is 14.7 Å². The third-order valence-corrected chi connectivity index (χ3v) is 7.12. The van der Waals surface area contributed by atoms with E-state index in [2.05, 4.69) is 44.0 Å². The Morgan fingerprint density at radius 1 is 0.783 bits per heavy atom. The Bertz CT molecular complexity index is 944. The summed E-state index contributed by atoms with van der Waals surface area (Å²) in [6.45, 7) is 0. The lowest BCUT2D eigenvalue weighted by Crippen LogP contribution is -1.96. The third kappa shape index (κ3) is 3.45. The van der Waals surface area contributed by atoms with E-state index in [4.69, 9.17) is 0 Å². The molecule has 0 atom stereocenters. The van der Waals surface area contributed by atoms with Gasteiger partial charge < -0.3 is 0 Å². The molecule has 0 bridgehead atoms. The Labute approximate surface area is 156 Å². The van der Waals surface area contributed by atoms with Crippen LogP contribution in [-0.2, 0) is 9.84 Å². The lowest BCUT2D eigenvalue weighted by Gasteiger charge is -2.08. The highest BCUT2D eigenvalue weighted by atomic mass is 79.9. The van der Waals surface area contributed by atoms with Crippen LogP contribution in [0.3, 0.4) is 0 Å². The van der Waals surface area contributed by atoms with E-state index in [0.717, 1.165) is 29.8 Å². The largest absolute Gasteiger partial charge is 0.224 e. The average Bonchev–Trinajstić information content (AvgIpc) is 2.82. The number of thiophene rings is 1. The summed E-state index contributed by atoms with van der Waals surface area (Å²) >= 11 is 8.88.